The maximum atomic E-state index is 12.1. The highest BCUT2D eigenvalue weighted by Gasteiger charge is 2.34. The molecule has 0 aliphatic carbocycles. The number of hydrogen-bond acceptors (Lipinski definition) is 6. The van der Waals surface area contributed by atoms with Gasteiger partial charge in [-0.2, -0.15) is 17.5 Å². The Balaban J connectivity index is 1.67. The number of alkyl halides is 3. The summed E-state index contributed by atoms with van der Waals surface area (Å²) in [6.45, 7) is 0.660. The molecule has 26 heavy (non-hydrogen) atoms. The Morgan fingerprint density at radius 3 is 2.96 bits per heavy atom. The van der Waals surface area contributed by atoms with Crippen LogP contribution in [0, 0.1) is 0 Å². The van der Waals surface area contributed by atoms with Crippen LogP contribution in [0.1, 0.15) is 12.8 Å². The van der Waals surface area contributed by atoms with E-state index in [1.54, 1.807) is 18.2 Å². The van der Waals surface area contributed by atoms with E-state index in [0.717, 1.165) is 16.9 Å². The van der Waals surface area contributed by atoms with E-state index in [2.05, 4.69) is 4.37 Å². The normalized spacial score (nSPS) is 17.8. The van der Waals surface area contributed by atoms with Crippen molar-refractivity contribution in [3.8, 4) is 5.75 Å². The molecule has 1 aliphatic rings. The quantitative estimate of drug-likeness (QED) is 0.669. The standard InChI is InChI=1S/C16H17F3N2O4S/c1-23-9-11-8-21(15(22)25-11)14-12-4-3-10(7-13(12)20-26-14)24-6-2-5-16(17,18)19/h3-4,7,11H,2,5-6,8-9H2,1H3/t11-/m0/s1. The van der Waals surface area contributed by atoms with E-state index in [9.17, 15) is 18.0 Å². The minimum Gasteiger partial charge on any atom is -0.494 e. The molecule has 1 aromatic carbocycles. The van der Waals surface area contributed by atoms with Crippen molar-refractivity contribution in [1.29, 1.82) is 0 Å². The molecule has 1 saturated heterocycles. The first-order valence-electron chi connectivity index (χ1n) is 7.93. The SMILES string of the molecule is COC[C@@H]1CN(c2snc3cc(OCCCC(F)(F)F)ccc23)C(=O)O1. The summed E-state index contributed by atoms with van der Waals surface area (Å²) in [5.74, 6) is 0.442. The number of benzene rings is 1. The predicted octanol–water partition coefficient (Wildman–Crippen LogP) is 3.99. The average Bonchev–Trinajstić information content (AvgIpc) is 3.14. The predicted molar refractivity (Wildman–Crippen MR) is 89.9 cm³/mol. The number of carbonyl (C=O) groups is 1. The molecule has 0 saturated carbocycles. The van der Waals surface area contributed by atoms with Gasteiger partial charge in [0, 0.05) is 25.0 Å². The monoisotopic (exact) mass is 390 g/mol. The molecule has 1 atom stereocenters. The first kappa shape index (κ1) is 18.7. The summed E-state index contributed by atoms with van der Waals surface area (Å²) in [4.78, 5) is 13.5. The van der Waals surface area contributed by atoms with Crippen molar-refractivity contribution >= 4 is 33.5 Å². The van der Waals surface area contributed by atoms with E-state index in [1.165, 1.54) is 12.0 Å². The molecule has 1 amide bonds. The van der Waals surface area contributed by atoms with Gasteiger partial charge in [-0.05, 0) is 30.1 Å². The Kier molecular flexibility index (Phi) is 5.52. The molecule has 2 heterocycles. The Bertz CT molecular complexity index is 780. The van der Waals surface area contributed by atoms with Crippen molar-refractivity contribution in [2.24, 2.45) is 0 Å². The molecule has 0 N–H and O–H groups in total. The van der Waals surface area contributed by atoms with Gasteiger partial charge in [0.2, 0.25) is 0 Å². The smallest absolute Gasteiger partial charge is 0.415 e. The van der Waals surface area contributed by atoms with Gasteiger partial charge in [0.05, 0.1) is 25.3 Å². The molecule has 2 aromatic rings. The molecule has 142 valence electrons. The second kappa shape index (κ2) is 7.67. The molecule has 0 bridgehead atoms. The number of fused-ring (bicyclic) bond motifs is 1. The minimum absolute atomic E-state index is 0.0286. The highest BCUT2D eigenvalue weighted by molar-refractivity contribution is 7.12. The maximum absolute atomic E-state index is 12.1. The van der Waals surface area contributed by atoms with Crippen LogP contribution in [-0.4, -0.2) is 49.6 Å². The zero-order chi connectivity index (χ0) is 18.7. The highest BCUT2D eigenvalue weighted by Crippen LogP contribution is 2.35. The van der Waals surface area contributed by atoms with Gasteiger partial charge in [-0.1, -0.05) is 0 Å². The highest BCUT2D eigenvalue weighted by atomic mass is 32.1. The third kappa shape index (κ3) is 4.36. The van der Waals surface area contributed by atoms with Crippen molar-refractivity contribution in [2.45, 2.75) is 25.1 Å². The number of rotatable bonds is 7. The van der Waals surface area contributed by atoms with E-state index in [1.807, 2.05) is 0 Å². The van der Waals surface area contributed by atoms with Gasteiger partial charge in [0.1, 0.15) is 16.9 Å². The fraction of sp³-hybridized carbons (Fsp3) is 0.500. The minimum atomic E-state index is -4.18. The van der Waals surface area contributed by atoms with Crippen LogP contribution in [0.2, 0.25) is 0 Å². The molecule has 1 aliphatic heterocycles. The number of ether oxygens (including phenoxy) is 3. The van der Waals surface area contributed by atoms with Gasteiger partial charge < -0.3 is 14.2 Å². The fourth-order valence-corrected chi connectivity index (χ4v) is 3.47. The lowest BCUT2D eigenvalue weighted by Gasteiger charge is -2.11. The van der Waals surface area contributed by atoms with E-state index >= 15 is 0 Å². The van der Waals surface area contributed by atoms with E-state index in [0.29, 0.717) is 29.4 Å². The number of aromatic nitrogens is 1. The topological polar surface area (TPSA) is 60.9 Å². The number of hydrogen-bond donors (Lipinski definition) is 0. The van der Waals surface area contributed by atoms with Crippen LogP contribution in [-0.2, 0) is 9.47 Å². The number of nitrogens with zero attached hydrogens (tertiary/aromatic N) is 2. The van der Waals surface area contributed by atoms with Crippen LogP contribution in [0.3, 0.4) is 0 Å². The van der Waals surface area contributed by atoms with E-state index in [-0.39, 0.29) is 19.1 Å². The van der Waals surface area contributed by atoms with Crippen molar-refractivity contribution in [3.05, 3.63) is 18.2 Å². The Hall–Kier alpha value is -2.07. The molecule has 0 unspecified atom stereocenters. The third-order valence-electron chi connectivity index (χ3n) is 3.78. The molecular weight excluding hydrogens is 373 g/mol. The van der Waals surface area contributed by atoms with Crippen molar-refractivity contribution in [2.75, 3.05) is 31.8 Å². The van der Waals surface area contributed by atoms with Crippen molar-refractivity contribution in [1.82, 2.24) is 4.37 Å². The average molecular weight is 390 g/mol. The Morgan fingerprint density at radius 1 is 1.42 bits per heavy atom. The van der Waals surface area contributed by atoms with Crippen LogP contribution in [0.15, 0.2) is 18.2 Å². The molecule has 10 heteroatoms. The lowest BCUT2D eigenvalue weighted by atomic mass is 10.2. The van der Waals surface area contributed by atoms with E-state index < -0.39 is 18.7 Å². The number of anilines is 1. The summed E-state index contributed by atoms with van der Waals surface area (Å²) in [6.07, 6.45) is -5.95. The molecule has 0 spiro atoms. The lowest BCUT2D eigenvalue weighted by molar-refractivity contribution is -0.136. The van der Waals surface area contributed by atoms with Gasteiger partial charge in [-0.25, -0.2) is 4.79 Å². The van der Waals surface area contributed by atoms with Crippen LogP contribution < -0.4 is 9.64 Å². The number of halogens is 3. The number of cyclic esters (lactones) is 1. The van der Waals surface area contributed by atoms with Crippen LogP contribution >= 0.6 is 11.5 Å². The van der Waals surface area contributed by atoms with Crippen molar-refractivity contribution in [3.63, 3.8) is 0 Å². The second-order valence-electron chi connectivity index (χ2n) is 5.81. The summed E-state index contributed by atoms with van der Waals surface area (Å²) in [5.41, 5.74) is 0.612. The van der Waals surface area contributed by atoms with E-state index in [4.69, 9.17) is 14.2 Å². The molecule has 3 rings (SSSR count). The lowest BCUT2D eigenvalue weighted by Crippen LogP contribution is -2.25. The molecular formula is C16H17F3N2O4S. The largest absolute Gasteiger partial charge is 0.494 e. The van der Waals surface area contributed by atoms with Gasteiger partial charge in [0.25, 0.3) is 0 Å². The first-order chi connectivity index (χ1) is 12.4. The molecule has 0 radical (unpaired) electrons. The number of carbonyl (C=O) groups excluding carboxylic acids is 1. The van der Waals surface area contributed by atoms with Gasteiger partial charge in [0.15, 0.2) is 0 Å². The van der Waals surface area contributed by atoms with Crippen molar-refractivity contribution < 1.29 is 32.2 Å². The summed E-state index contributed by atoms with van der Waals surface area (Å²) in [5, 5.41) is 1.42. The summed E-state index contributed by atoms with van der Waals surface area (Å²) in [6, 6.07) is 5.04. The van der Waals surface area contributed by atoms with Crippen LogP contribution in [0.4, 0.5) is 23.0 Å². The second-order valence-corrected chi connectivity index (χ2v) is 6.56. The van der Waals surface area contributed by atoms with Gasteiger partial charge in [-0.3, -0.25) is 4.90 Å². The molecule has 1 aromatic heterocycles. The van der Waals surface area contributed by atoms with Gasteiger partial charge in [-0.15, -0.1) is 0 Å². The zero-order valence-corrected chi connectivity index (χ0v) is 14.7. The molecule has 1 fully saturated rings. The third-order valence-corrected chi connectivity index (χ3v) is 4.68. The molecule has 6 nitrogen and oxygen atoms in total. The Labute approximate surface area is 151 Å². The fourth-order valence-electron chi connectivity index (χ4n) is 2.62. The van der Waals surface area contributed by atoms with Gasteiger partial charge >= 0.3 is 12.3 Å². The first-order valence-corrected chi connectivity index (χ1v) is 8.71. The summed E-state index contributed by atoms with van der Waals surface area (Å²) < 4.78 is 56.3. The Morgan fingerprint density at radius 2 is 2.23 bits per heavy atom. The van der Waals surface area contributed by atoms with Crippen LogP contribution in [0.25, 0.3) is 10.9 Å². The summed E-state index contributed by atoms with van der Waals surface area (Å²) in [7, 11) is 1.54. The number of methoxy groups -OCH3 is 1. The summed E-state index contributed by atoms with van der Waals surface area (Å²) >= 11 is 1.15. The zero-order valence-electron chi connectivity index (χ0n) is 13.9. The maximum Gasteiger partial charge on any atom is 0.415 e. The van der Waals surface area contributed by atoms with Crippen LogP contribution in [0.5, 0.6) is 5.75 Å². The number of amides is 1.